The lowest BCUT2D eigenvalue weighted by atomic mass is 10.1. The summed E-state index contributed by atoms with van der Waals surface area (Å²) >= 11 is 0. The van der Waals surface area contributed by atoms with E-state index < -0.39 is 0 Å². The SMILES string of the molecule is CNC(=O)Cn1cc(NC(=O)c2c[nH]c3ccccc23)cn1. The summed E-state index contributed by atoms with van der Waals surface area (Å²) in [5.74, 6) is -0.380. The van der Waals surface area contributed by atoms with Crippen LogP contribution in [-0.2, 0) is 11.3 Å². The van der Waals surface area contributed by atoms with Crippen molar-refractivity contribution in [2.75, 3.05) is 12.4 Å². The van der Waals surface area contributed by atoms with Crippen molar-refractivity contribution >= 4 is 28.4 Å². The monoisotopic (exact) mass is 297 g/mol. The molecule has 7 heteroatoms. The molecule has 3 N–H and O–H groups in total. The number of anilines is 1. The molecule has 0 saturated carbocycles. The number of hydrogen-bond donors (Lipinski definition) is 3. The van der Waals surface area contributed by atoms with Crippen LogP contribution < -0.4 is 10.6 Å². The van der Waals surface area contributed by atoms with Crippen LogP contribution in [0.1, 0.15) is 10.4 Å². The molecule has 2 amide bonds. The largest absolute Gasteiger partial charge is 0.360 e. The fourth-order valence-corrected chi connectivity index (χ4v) is 2.20. The van der Waals surface area contributed by atoms with Crippen molar-refractivity contribution in [3.8, 4) is 0 Å². The first kappa shape index (κ1) is 13.9. The number of benzene rings is 1. The minimum absolute atomic E-state index is 0.111. The molecule has 3 aromatic rings. The van der Waals surface area contributed by atoms with Gasteiger partial charge in [0.1, 0.15) is 6.54 Å². The topological polar surface area (TPSA) is 91.8 Å². The standard InChI is InChI=1S/C15H15N5O2/c1-16-14(21)9-20-8-10(6-18-20)19-15(22)12-7-17-13-5-3-2-4-11(12)13/h2-8,17H,9H2,1H3,(H,16,21)(H,19,22). The molecule has 0 aliphatic heterocycles. The molecule has 0 aliphatic carbocycles. The second-order valence-electron chi connectivity index (χ2n) is 4.80. The number of fused-ring (bicyclic) bond motifs is 1. The first-order valence-electron chi connectivity index (χ1n) is 6.78. The molecule has 0 radical (unpaired) electrons. The molecule has 0 fully saturated rings. The Kier molecular flexibility index (Phi) is 3.61. The lowest BCUT2D eigenvalue weighted by molar-refractivity contribution is -0.121. The molecule has 22 heavy (non-hydrogen) atoms. The fraction of sp³-hybridized carbons (Fsp3) is 0.133. The number of likely N-dealkylation sites (N-methyl/N-ethyl adjacent to an activating group) is 1. The lowest BCUT2D eigenvalue weighted by Gasteiger charge is -2.01. The van der Waals surface area contributed by atoms with Gasteiger partial charge in [0.05, 0.1) is 17.4 Å². The predicted octanol–water partition coefficient (Wildman–Crippen LogP) is 1.36. The van der Waals surface area contributed by atoms with Crippen molar-refractivity contribution in [1.82, 2.24) is 20.1 Å². The van der Waals surface area contributed by atoms with Gasteiger partial charge in [0.25, 0.3) is 5.91 Å². The minimum Gasteiger partial charge on any atom is -0.360 e. The summed E-state index contributed by atoms with van der Waals surface area (Å²) in [6.45, 7) is 0.111. The zero-order chi connectivity index (χ0) is 15.5. The summed E-state index contributed by atoms with van der Waals surface area (Å²) in [6.07, 6.45) is 4.80. The maximum Gasteiger partial charge on any atom is 0.257 e. The van der Waals surface area contributed by atoms with E-state index in [1.54, 1.807) is 19.4 Å². The molecule has 0 saturated heterocycles. The van der Waals surface area contributed by atoms with Crippen molar-refractivity contribution in [2.24, 2.45) is 0 Å². The molecule has 2 aromatic heterocycles. The highest BCUT2D eigenvalue weighted by molar-refractivity contribution is 6.12. The molecule has 3 rings (SSSR count). The van der Waals surface area contributed by atoms with E-state index in [9.17, 15) is 9.59 Å². The third-order valence-corrected chi connectivity index (χ3v) is 3.31. The van der Waals surface area contributed by atoms with Gasteiger partial charge in [0.2, 0.25) is 5.91 Å². The van der Waals surface area contributed by atoms with Gasteiger partial charge < -0.3 is 15.6 Å². The zero-order valence-electron chi connectivity index (χ0n) is 12.0. The number of amides is 2. The first-order chi connectivity index (χ1) is 10.7. The fourth-order valence-electron chi connectivity index (χ4n) is 2.20. The van der Waals surface area contributed by atoms with Crippen LogP contribution in [0.4, 0.5) is 5.69 Å². The maximum absolute atomic E-state index is 12.3. The van der Waals surface area contributed by atoms with Crippen molar-refractivity contribution in [3.63, 3.8) is 0 Å². The number of nitrogens with one attached hydrogen (secondary N) is 3. The van der Waals surface area contributed by atoms with Gasteiger partial charge in [-0.05, 0) is 6.07 Å². The van der Waals surface area contributed by atoms with Crippen LogP contribution in [0, 0.1) is 0 Å². The van der Waals surface area contributed by atoms with Crippen molar-refractivity contribution in [1.29, 1.82) is 0 Å². The smallest absolute Gasteiger partial charge is 0.257 e. The Labute approximate surface area is 126 Å². The highest BCUT2D eigenvalue weighted by atomic mass is 16.2. The number of carbonyl (C=O) groups is 2. The van der Waals surface area contributed by atoms with E-state index in [0.29, 0.717) is 11.3 Å². The first-order valence-corrected chi connectivity index (χ1v) is 6.78. The Morgan fingerprint density at radius 2 is 2.14 bits per heavy atom. The molecule has 0 atom stereocenters. The van der Waals surface area contributed by atoms with Gasteiger partial charge in [-0.3, -0.25) is 14.3 Å². The Balaban J connectivity index is 1.76. The zero-order valence-corrected chi connectivity index (χ0v) is 12.0. The number of para-hydroxylation sites is 1. The second-order valence-corrected chi connectivity index (χ2v) is 4.80. The average Bonchev–Trinajstić information content (AvgIpc) is 3.13. The van der Waals surface area contributed by atoms with E-state index in [0.717, 1.165) is 10.9 Å². The summed E-state index contributed by atoms with van der Waals surface area (Å²) in [5.41, 5.74) is 2.01. The van der Waals surface area contributed by atoms with Gasteiger partial charge in [0.15, 0.2) is 0 Å². The van der Waals surface area contributed by atoms with E-state index >= 15 is 0 Å². The Bertz CT molecular complexity index is 833. The average molecular weight is 297 g/mol. The summed E-state index contributed by atoms with van der Waals surface area (Å²) in [7, 11) is 1.56. The molecule has 0 spiro atoms. The van der Waals surface area contributed by atoms with Gasteiger partial charge in [-0.15, -0.1) is 0 Å². The van der Waals surface area contributed by atoms with Crippen LogP contribution in [0.5, 0.6) is 0 Å². The number of hydrogen-bond acceptors (Lipinski definition) is 3. The third-order valence-electron chi connectivity index (χ3n) is 3.31. The van der Waals surface area contributed by atoms with Crippen LogP contribution in [0.25, 0.3) is 10.9 Å². The Morgan fingerprint density at radius 1 is 1.32 bits per heavy atom. The van der Waals surface area contributed by atoms with E-state index in [4.69, 9.17) is 0 Å². The molecule has 112 valence electrons. The van der Waals surface area contributed by atoms with Gasteiger partial charge in [-0.25, -0.2) is 0 Å². The number of aromatic amines is 1. The van der Waals surface area contributed by atoms with E-state index in [1.165, 1.54) is 10.9 Å². The molecule has 0 aliphatic rings. The molecular formula is C15H15N5O2. The van der Waals surface area contributed by atoms with E-state index in [-0.39, 0.29) is 18.4 Å². The Morgan fingerprint density at radius 3 is 2.95 bits per heavy atom. The molecule has 2 heterocycles. The van der Waals surface area contributed by atoms with Crippen LogP contribution in [0.2, 0.25) is 0 Å². The quantitative estimate of drug-likeness (QED) is 0.679. The van der Waals surface area contributed by atoms with Gasteiger partial charge in [-0.1, -0.05) is 18.2 Å². The highest BCUT2D eigenvalue weighted by Crippen LogP contribution is 2.19. The van der Waals surface area contributed by atoms with Gasteiger partial charge >= 0.3 is 0 Å². The van der Waals surface area contributed by atoms with Crippen LogP contribution in [0.15, 0.2) is 42.9 Å². The van der Waals surface area contributed by atoms with Crippen LogP contribution in [-0.4, -0.2) is 33.6 Å². The predicted molar refractivity (Wildman–Crippen MR) is 82.5 cm³/mol. The molecule has 7 nitrogen and oxygen atoms in total. The Hall–Kier alpha value is -3.09. The summed E-state index contributed by atoms with van der Waals surface area (Å²) in [4.78, 5) is 26.7. The van der Waals surface area contributed by atoms with E-state index in [2.05, 4.69) is 20.7 Å². The second kappa shape index (κ2) is 5.72. The minimum atomic E-state index is -0.225. The number of carbonyl (C=O) groups excluding carboxylic acids is 2. The number of aromatic nitrogens is 3. The number of H-pyrrole nitrogens is 1. The number of nitrogens with zero attached hydrogens (tertiary/aromatic N) is 2. The summed E-state index contributed by atoms with van der Waals surface area (Å²) in [5, 5.41) is 10.2. The molecular weight excluding hydrogens is 282 g/mol. The maximum atomic E-state index is 12.3. The summed E-state index contributed by atoms with van der Waals surface area (Å²) < 4.78 is 1.46. The van der Waals surface area contributed by atoms with Gasteiger partial charge in [0, 0.05) is 30.3 Å². The lowest BCUT2D eigenvalue weighted by Crippen LogP contribution is -2.23. The normalized spacial score (nSPS) is 10.6. The van der Waals surface area contributed by atoms with Crippen LogP contribution in [0.3, 0.4) is 0 Å². The van der Waals surface area contributed by atoms with Crippen molar-refractivity contribution in [3.05, 3.63) is 48.4 Å². The van der Waals surface area contributed by atoms with Crippen molar-refractivity contribution < 1.29 is 9.59 Å². The van der Waals surface area contributed by atoms with Gasteiger partial charge in [-0.2, -0.15) is 5.10 Å². The molecule has 0 unspecified atom stereocenters. The van der Waals surface area contributed by atoms with Crippen molar-refractivity contribution in [2.45, 2.75) is 6.54 Å². The highest BCUT2D eigenvalue weighted by Gasteiger charge is 2.13. The molecule has 1 aromatic carbocycles. The molecule has 0 bridgehead atoms. The summed E-state index contributed by atoms with van der Waals surface area (Å²) in [6, 6.07) is 7.58. The van der Waals surface area contributed by atoms with E-state index in [1.807, 2.05) is 24.3 Å². The number of rotatable bonds is 4. The third kappa shape index (κ3) is 2.69. The van der Waals surface area contributed by atoms with Crippen LogP contribution >= 0.6 is 0 Å².